The maximum atomic E-state index is 11.1. The lowest BCUT2D eigenvalue weighted by Crippen LogP contribution is -2.35. The van der Waals surface area contributed by atoms with Crippen LogP contribution in [0.3, 0.4) is 0 Å². The first-order valence-electron chi connectivity index (χ1n) is 5.43. The van der Waals surface area contributed by atoms with E-state index in [1.165, 1.54) is 18.0 Å². The first kappa shape index (κ1) is 13.8. The minimum absolute atomic E-state index is 0.0345. The van der Waals surface area contributed by atoms with E-state index in [1.807, 2.05) is 20.1 Å². The highest BCUT2D eigenvalue weighted by atomic mass is 32.2. The third-order valence-electron chi connectivity index (χ3n) is 2.60. The molecule has 0 saturated carbocycles. The van der Waals surface area contributed by atoms with E-state index in [2.05, 4.69) is 15.3 Å². The first-order chi connectivity index (χ1) is 8.08. The summed E-state index contributed by atoms with van der Waals surface area (Å²) in [5.74, 6) is -0.326. The molecule has 2 atom stereocenters. The molecule has 0 radical (unpaired) electrons. The Morgan fingerprint density at radius 3 is 2.82 bits per heavy atom. The van der Waals surface area contributed by atoms with E-state index in [4.69, 9.17) is 5.11 Å². The highest BCUT2D eigenvalue weighted by Gasteiger charge is 2.23. The van der Waals surface area contributed by atoms with Crippen molar-refractivity contribution in [2.24, 2.45) is 5.92 Å². The van der Waals surface area contributed by atoms with Gasteiger partial charge in [0.1, 0.15) is 16.9 Å². The second-order valence-electron chi connectivity index (χ2n) is 3.79. The van der Waals surface area contributed by atoms with Crippen molar-refractivity contribution in [2.75, 3.05) is 11.6 Å². The quantitative estimate of drug-likeness (QED) is 0.758. The molecule has 0 saturated heterocycles. The molecule has 17 heavy (non-hydrogen) atoms. The van der Waals surface area contributed by atoms with Crippen LogP contribution in [0, 0.1) is 5.92 Å². The third kappa shape index (κ3) is 3.89. The number of nitrogens with one attached hydrogen (secondary N) is 1. The molecular formula is C11H17N3O2S. The zero-order chi connectivity index (χ0) is 12.8. The van der Waals surface area contributed by atoms with Gasteiger partial charge in [0.2, 0.25) is 0 Å². The minimum atomic E-state index is -0.865. The Labute approximate surface area is 105 Å². The van der Waals surface area contributed by atoms with Gasteiger partial charge >= 0.3 is 5.97 Å². The summed E-state index contributed by atoms with van der Waals surface area (Å²) >= 11 is 1.47. The van der Waals surface area contributed by atoms with Crippen molar-refractivity contribution in [2.45, 2.75) is 31.3 Å². The predicted octanol–water partition coefficient (Wildman–Crippen LogP) is 2.11. The van der Waals surface area contributed by atoms with Crippen molar-refractivity contribution in [3.63, 3.8) is 0 Å². The fraction of sp³-hybridized carbons (Fsp3) is 0.545. The van der Waals surface area contributed by atoms with Gasteiger partial charge < -0.3 is 10.4 Å². The van der Waals surface area contributed by atoms with Crippen molar-refractivity contribution in [1.82, 2.24) is 9.97 Å². The Morgan fingerprint density at radius 1 is 1.59 bits per heavy atom. The van der Waals surface area contributed by atoms with Gasteiger partial charge in [0.05, 0.1) is 12.4 Å². The molecule has 0 aromatic carbocycles. The molecule has 0 bridgehead atoms. The van der Waals surface area contributed by atoms with E-state index in [1.54, 1.807) is 6.20 Å². The normalized spacial score (nSPS) is 14.1. The van der Waals surface area contributed by atoms with Gasteiger partial charge in [-0.25, -0.2) is 9.78 Å². The van der Waals surface area contributed by atoms with Crippen LogP contribution >= 0.6 is 11.8 Å². The van der Waals surface area contributed by atoms with E-state index in [0.717, 1.165) is 11.4 Å². The SMILES string of the molecule is CC[C@H](C)[C@H](Nc1cncc(SC)n1)C(=O)O. The fourth-order valence-corrected chi connectivity index (χ4v) is 1.71. The lowest BCUT2D eigenvalue weighted by Gasteiger charge is -2.20. The topological polar surface area (TPSA) is 75.1 Å². The van der Waals surface area contributed by atoms with E-state index < -0.39 is 12.0 Å². The first-order valence-corrected chi connectivity index (χ1v) is 6.66. The summed E-state index contributed by atoms with van der Waals surface area (Å²) in [6, 6.07) is -0.633. The smallest absolute Gasteiger partial charge is 0.326 e. The van der Waals surface area contributed by atoms with Gasteiger partial charge in [0, 0.05) is 0 Å². The highest BCUT2D eigenvalue weighted by Crippen LogP contribution is 2.16. The number of hydrogen-bond acceptors (Lipinski definition) is 5. The standard InChI is InChI=1S/C11H17N3O2S/c1-4-7(2)10(11(15)16)14-8-5-12-6-9(13-8)17-3/h5-7,10H,4H2,1-3H3,(H,13,14)(H,15,16)/t7-,10-/m0/s1. The molecular weight excluding hydrogens is 238 g/mol. The van der Waals surface area contributed by atoms with Gasteiger partial charge in [-0.15, -0.1) is 11.8 Å². The average Bonchev–Trinajstić information content (AvgIpc) is 2.35. The van der Waals surface area contributed by atoms with Crippen LogP contribution in [0.5, 0.6) is 0 Å². The number of carboxylic acid groups (broad SMARTS) is 1. The van der Waals surface area contributed by atoms with Gasteiger partial charge in [-0.05, 0) is 12.2 Å². The van der Waals surface area contributed by atoms with Crippen molar-refractivity contribution in [3.8, 4) is 0 Å². The number of aliphatic carboxylic acids is 1. The van der Waals surface area contributed by atoms with Crippen LogP contribution in [-0.2, 0) is 4.79 Å². The van der Waals surface area contributed by atoms with E-state index in [9.17, 15) is 4.79 Å². The Kier molecular flexibility index (Phi) is 5.21. The van der Waals surface area contributed by atoms with Gasteiger partial charge in [0.15, 0.2) is 0 Å². The zero-order valence-electron chi connectivity index (χ0n) is 10.2. The summed E-state index contributed by atoms with van der Waals surface area (Å²) in [5.41, 5.74) is 0. The summed E-state index contributed by atoms with van der Waals surface area (Å²) in [6.07, 6.45) is 5.88. The molecule has 0 amide bonds. The van der Waals surface area contributed by atoms with Crippen LogP contribution < -0.4 is 5.32 Å². The van der Waals surface area contributed by atoms with Crippen molar-refractivity contribution in [1.29, 1.82) is 0 Å². The molecule has 1 heterocycles. The summed E-state index contributed by atoms with van der Waals surface area (Å²) in [6.45, 7) is 3.87. The lowest BCUT2D eigenvalue weighted by molar-refractivity contribution is -0.139. The lowest BCUT2D eigenvalue weighted by atomic mass is 9.99. The van der Waals surface area contributed by atoms with Gasteiger partial charge in [-0.3, -0.25) is 4.98 Å². The summed E-state index contributed by atoms with van der Waals surface area (Å²) < 4.78 is 0. The summed E-state index contributed by atoms with van der Waals surface area (Å²) in [7, 11) is 0. The monoisotopic (exact) mass is 255 g/mol. The molecule has 6 heteroatoms. The van der Waals surface area contributed by atoms with Crippen molar-refractivity contribution >= 4 is 23.5 Å². The molecule has 94 valence electrons. The van der Waals surface area contributed by atoms with Gasteiger partial charge in [0.25, 0.3) is 0 Å². The van der Waals surface area contributed by atoms with Crippen molar-refractivity contribution in [3.05, 3.63) is 12.4 Å². The number of carboxylic acids is 1. The molecule has 1 aromatic rings. The molecule has 2 N–H and O–H groups in total. The van der Waals surface area contributed by atoms with Crippen molar-refractivity contribution < 1.29 is 9.90 Å². The minimum Gasteiger partial charge on any atom is -0.480 e. The second kappa shape index (κ2) is 6.44. The van der Waals surface area contributed by atoms with Crippen LogP contribution in [0.1, 0.15) is 20.3 Å². The van der Waals surface area contributed by atoms with Crippen LogP contribution in [0.25, 0.3) is 0 Å². The number of anilines is 1. The molecule has 0 aliphatic rings. The van der Waals surface area contributed by atoms with E-state index >= 15 is 0 Å². The molecule has 0 spiro atoms. The Morgan fingerprint density at radius 2 is 2.29 bits per heavy atom. The van der Waals surface area contributed by atoms with E-state index in [-0.39, 0.29) is 5.92 Å². The zero-order valence-corrected chi connectivity index (χ0v) is 11.0. The van der Waals surface area contributed by atoms with Crippen LogP contribution in [0.2, 0.25) is 0 Å². The fourth-order valence-electron chi connectivity index (χ4n) is 1.36. The number of nitrogens with zero attached hydrogens (tertiary/aromatic N) is 2. The number of carbonyl (C=O) groups is 1. The molecule has 1 rings (SSSR count). The molecule has 0 aliphatic heterocycles. The summed E-state index contributed by atoms with van der Waals surface area (Å²) in [5, 5.41) is 12.8. The largest absolute Gasteiger partial charge is 0.480 e. The molecule has 0 unspecified atom stereocenters. The van der Waals surface area contributed by atoms with Gasteiger partial charge in [-0.2, -0.15) is 0 Å². The average molecular weight is 255 g/mol. The molecule has 5 nitrogen and oxygen atoms in total. The van der Waals surface area contributed by atoms with Gasteiger partial charge in [-0.1, -0.05) is 20.3 Å². The maximum Gasteiger partial charge on any atom is 0.326 e. The van der Waals surface area contributed by atoms with Crippen LogP contribution in [0.4, 0.5) is 5.82 Å². The Bertz CT molecular complexity index is 387. The molecule has 0 aliphatic carbocycles. The predicted molar refractivity (Wildman–Crippen MR) is 68.3 cm³/mol. The van der Waals surface area contributed by atoms with E-state index in [0.29, 0.717) is 5.82 Å². The Hall–Kier alpha value is -1.30. The Balaban J connectivity index is 2.82. The number of thioether (sulfide) groups is 1. The maximum absolute atomic E-state index is 11.1. The number of aromatic nitrogens is 2. The number of hydrogen-bond donors (Lipinski definition) is 2. The number of rotatable bonds is 6. The molecule has 1 aromatic heterocycles. The molecule has 0 fully saturated rings. The van der Waals surface area contributed by atoms with Crippen LogP contribution in [0.15, 0.2) is 17.4 Å². The highest BCUT2D eigenvalue weighted by molar-refractivity contribution is 7.98. The van der Waals surface area contributed by atoms with Crippen LogP contribution in [-0.4, -0.2) is 33.3 Å². The third-order valence-corrected chi connectivity index (χ3v) is 3.22. The second-order valence-corrected chi connectivity index (χ2v) is 4.62. The summed E-state index contributed by atoms with van der Waals surface area (Å²) in [4.78, 5) is 19.4.